The number of rotatable bonds is 6. The molecule has 0 spiro atoms. The van der Waals surface area contributed by atoms with E-state index in [-0.39, 0.29) is 5.91 Å². The second kappa shape index (κ2) is 8.92. The van der Waals surface area contributed by atoms with Gasteiger partial charge in [0.2, 0.25) is 11.9 Å². The van der Waals surface area contributed by atoms with Crippen molar-refractivity contribution in [3.8, 4) is 11.1 Å². The van der Waals surface area contributed by atoms with Crippen molar-refractivity contribution in [1.29, 1.82) is 0 Å². The van der Waals surface area contributed by atoms with E-state index < -0.39 is 0 Å². The van der Waals surface area contributed by atoms with Gasteiger partial charge in [-0.15, -0.1) is 0 Å². The Balaban J connectivity index is 1.36. The van der Waals surface area contributed by atoms with Gasteiger partial charge in [0.25, 0.3) is 0 Å². The Hall–Kier alpha value is -2.81. The van der Waals surface area contributed by atoms with Crippen molar-refractivity contribution in [2.75, 3.05) is 43.5 Å². The monoisotopic (exact) mass is 395 g/mol. The van der Waals surface area contributed by atoms with Crippen molar-refractivity contribution >= 4 is 34.6 Å². The lowest BCUT2D eigenvalue weighted by Gasteiger charge is -2.25. The molecule has 1 aromatic carbocycles. The molecule has 144 valence electrons. The average molecular weight is 395 g/mol. The highest BCUT2D eigenvalue weighted by Crippen LogP contribution is 2.22. The van der Waals surface area contributed by atoms with Crippen LogP contribution in [-0.2, 0) is 9.53 Å². The van der Waals surface area contributed by atoms with Crippen LogP contribution in [0.2, 0.25) is 0 Å². The van der Waals surface area contributed by atoms with Gasteiger partial charge < -0.3 is 15.4 Å². The number of ether oxygens (including phenoxy) is 1. The molecule has 7 nitrogen and oxygen atoms in total. The normalized spacial score (nSPS) is 14.6. The summed E-state index contributed by atoms with van der Waals surface area (Å²) in [5, 5.41) is 10.2. The smallest absolute Gasteiger partial charge is 0.238 e. The zero-order chi connectivity index (χ0) is 19.2. The van der Waals surface area contributed by atoms with Crippen molar-refractivity contribution in [1.82, 2.24) is 14.9 Å². The molecule has 3 heterocycles. The lowest BCUT2D eigenvalue weighted by molar-refractivity contribution is -0.118. The minimum Gasteiger partial charge on any atom is -0.379 e. The van der Waals surface area contributed by atoms with Crippen LogP contribution in [0.5, 0.6) is 0 Å². The Kier molecular flexibility index (Phi) is 5.91. The first-order valence-corrected chi connectivity index (χ1v) is 10.0. The van der Waals surface area contributed by atoms with Crippen LogP contribution in [0.3, 0.4) is 0 Å². The number of hydrogen-bond donors (Lipinski definition) is 2. The Labute approximate surface area is 167 Å². The zero-order valence-electron chi connectivity index (χ0n) is 15.3. The van der Waals surface area contributed by atoms with Crippen molar-refractivity contribution in [2.24, 2.45) is 0 Å². The fraction of sp³-hybridized carbons (Fsp3) is 0.250. The lowest BCUT2D eigenvalue weighted by atomic mass is 10.2. The van der Waals surface area contributed by atoms with E-state index in [9.17, 15) is 4.79 Å². The fourth-order valence-corrected chi connectivity index (χ4v) is 3.60. The molecule has 0 radical (unpaired) electrons. The van der Waals surface area contributed by atoms with E-state index in [1.807, 2.05) is 35.7 Å². The molecule has 8 heteroatoms. The van der Waals surface area contributed by atoms with E-state index in [0.29, 0.717) is 25.7 Å². The van der Waals surface area contributed by atoms with E-state index in [1.165, 1.54) is 0 Å². The Morgan fingerprint density at radius 1 is 1.11 bits per heavy atom. The highest BCUT2D eigenvalue weighted by atomic mass is 32.1. The van der Waals surface area contributed by atoms with Crippen LogP contribution >= 0.6 is 11.3 Å². The largest absolute Gasteiger partial charge is 0.379 e. The van der Waals surface area contributed by atoms with Crippen molar-refractivity contribution < 1.29 is 9.53 Å². The second-order valence-corrected chi connectivity index (χ2v) is 7.23. The van der Waals surface area contributed by atoms with Gasteiger partial charge in [0, 0.05) is 42.4 Å². The van der Waals surface area contributed by atoms with Gasteiger partial charge in [0.1, 0.15) is 0 Å². The molecule has 0 unspecified atom stereocenters. The number of carbonyl (C=O) groups excluding carboxylic acids is 1. The van der Waals surface area contributed by atoms with Gasteiger partial charge in [0.15, 0.2) is 0 Å². The number of nitrogens with zero attached hydrogens (tertiary/aromatic N) is 3. The first kappa shape index (κ1) is 18.5. The Morgan fingerprint density at radius 3 is 2.64 bits per heavy atom. The molecule has 1 aliphatic rings. The summed E-state index contributed by atoms with van der Waals surface area (Å²) in [5.74, 6) is 0.478. The molecule has 2 N–H and O–H groups in total. The molecule has 1 saturated heterocycles. The third-order valence-electron chi connectivity index (χ3n) is 4.38. The van der Waals surface area contributed by atoms with E-state index in [2.05, 4.69) is 30.9 Å². The zero-order valence-corrected chi connectivity index (χ0v) is 16.1. The van der Waals surface area contributed by atoms with E-state index >= 15 is 0 Å². The Bertz CT molecular complexity index is 909. The predicted octanol–water partition coefficient (Wildman–Crippen LogP) is 3.22. The van der Waals surface area contributed by atoms with E-state index in [0.717, 1.165) is 35.6 Å². The second-order valence-electron chi connectivity index (χ2n) is 6.45. The number of thiophene rings is 1. The van der Waals surface area contributed by atoms with Crippen LogP contribution in [0, 0.1) is 0 Å². The molecule has 0 saturated carbocycles. The average Bonchev–Trinajstić information content (AvgIpc) is 3.24. The number of morpholine rings is 1. The summed E-state index contributed by atoms with van der Waals surface area (Å²) in [5.41, 5.74) is 3.64. The van der Waals surface area contributed by atoms with Crippen LogP contribution < -0.4 is 10.6 Å². The van der Waals surface area contributed by atoms with Crippen LogP contribution in [0.25, 0.3) is 11.1 Å². The minimum absolute atomic E-state index is 0.0320. The maximum atomic E-state index is 12.3. The molecule has 1 aliphatic heterocycles. The molecular formula is C20H21N5O2S. The molecule has 1 fully saturated rings. The van der Waals surface area contributed by atoms with E-state index in [4.69, 9.17) is 4.74 Å². The number of nitrogens with one attached hydrogen (secondary N) is 2. The quantitative estimate of drug-likeness (QED) is 0.667. The van der Waals surface area contributed by atoms with Crippen LogP contribution in [0.1, 0.15) is 0 Å². The summed E-state index contributed by atoms with van der Waals surface area (Å²) < 4.78 is 5.31. The number of carbonyl (C=O) groups is 1. The summed E-state index contributed by atoms with van der Waals surface area (Å²) in [6, 6.07) is 9.57. The van der Waals surface area contributed by atoms with Gasteiger partial charge in [0.05, 0.1) is 19.8 Å². The first-order chi connectivity index (χ1) is 13.8. The van der Waals surface area contributed by atoms with Crippen LogP contribution in [0.15, 0.2) is 53.5 Å². The molecule has 0 bridgehead atoms. The highest BCUT2D eigenvalue weighted by molar-refractivity contribution is 7.08. The van der Waals surface area contributed by atoms with E-state index in [1.54, 1.807) is 23.7 Å². The number of benzene rings is 1. The van der Waals surface area contributed by atoms with Crippen molar-refractivity contribution in [2.45, 2.75) is 0 Å². The maximum Gasteiger partial charge on any atom is 0.238 e. The molecule has 0 aliphatic carbocycles. The topological polar surface area (TPSA) is 79.4 Å². The lowest BCUT2D eigenvalue weighted by Crippen LogP contribution is -2.41. The molecular weight excluding hydrogens is 374 g/mol. The van der Waals surface area contributed by atoms with Gasteiger partial charge in [-0.05, 0) is 40.6 Å². The molecule has 4 rings (SSSR count). The minimum atomic E-state index is -0.0320. The van der Waals surface area contributed by atoms with Gasteiger partial charge in [-0.25, -0.2) is 9.97 Å². The van der Waals surface area contributed by atoms with Gasteiger partial charge in [-0.3, -0.25) is 9.69 Å². The summed E-state index contributed by atoms with van der Waals surface area (Å²) in [6.07, 6.45) is 3.59. The number of aromatic nitrogens is 2. The van der Waals surface area contributed by atoms with Crippen molar-refractivity contribution in [3.05, 3.63) is 53.5 Å². The van der Waals surface area contributed by atoms with Crippen molar-refractivity contribution in [3.63, 3.8) is 0 Å². The standard InChI is InChI=1S/C20H21N5O2S/c26-19(13-25-5-7-27-8-6-25)23-17-2-1-3-18(10-17)24-20-21-11-16(12-22-20)15-4-9-28-14-15/h1-4,9-12,14H,5-8,13H2,(H,23,26)(H,21,22,24). The van der Waals surface area contributed by atoms with Gasteiger partial charge in [-0.2, -0.15) is 11.3 Å². The highest BCUT2D eigenvalue weighted by Gasteiger charge is 2.14. The fourth-order valence-electron chi connectivity index (χ4n) is 2.94. The third kappa shape index (κ3) is 4.92. The van der Waals surface area contributed by atoms with Crippen LogP contribution in [-0.4, -0.2) is 53.6 Å². The third-order valence-corrected chi connectivity index (χ3v) is 5.06. The molecule has 0 atom stereocenters. The molecule has 28 heavy (non-hydrogen) atoms. The summed E-state index contributed by atoms with van der Waals surface area (Å²) in [4.78, 5) is 23.1. The number of amides is 1. The first-order valence-electron chi connectivity index (χ1n) is 9.08. The van der Waals surface area contributed by atoms with Crippen LogP contribution in [0.4, 0.5) is 17.3 Å². The maximum absolute atomic E-state index is 12.3. The SMILES string of the molecule is O=C(CN1CCOCC1)Nc1cccc(Nc2ncc(-c3ccsc3)cn2)c1. The summed E-state index contributed by atoms with van der Waals surface area (Å²) in [7, 11) is 0. The molecule has 3 aromatic rings. The predicted molar refractivity (Wildman–Crippen MR) is 111 cm³/mol. The summed E-state index contributed by atoms with van der Waals surface area (Å²) >= 11 is 1.64. The summed E-state index contributed by atoms with van der Waals surface area (Å²) in [6.45, 7) is 3.30. The number of hydrogen-bond acceptors (Lipinski definition) is 7. The van der Waals surface area contributed by atoms with Gasteiger partial charge >= 0.3 is 0 Å². The number of anilines is 3. The molecule has 2 aromatic heterocycles. The van der Waals surface area contributed by atoms with Gasteiger partial charge in [-0.1, -0.05) is 6.07 Å². The Morgan fingerprint density at radius 2 is 1.89 bits per heavy atom. The molecule has 1 amide bonds.